The van der Waals surface area contributed by atoms with Crippen molar-refractivity contribution in [3.8, 4) is 0 Å². The van der Waals surface area contributed by atoms with Crippen molar-refractivity contribution in [2.24, 2.45) is 0 Å². The van der Waals surface area contributed by atoms with E-state index in [0.717, 1.165) is 19.3 Å². The summed E-state index contributed by atoms with van der Waals surface area (Å²) in [5, 5.41) is 9.30. The molecule has 1 aliphatic heterocycles. The van der Waals surface area contributed by atoms with Gasteiger partial charge in [0.2, 0.25) is 0 Å². The van der Waals surface area contributed by atoms with Crippen molar-refractivity contribution in [3.05, 3.63) is 12.7 Å². The number of aliphatic carboxylic acids is 1. The fourth-order valence-corrected chi connectivity index (χ4v) is 2.02. The van der Waals surface area contributed by atoms with E-state index in [9.17, 15) is 14.7 Å². The van der Waals surface area contributed by atoms with Gasteiger partial charge in [0.05, 0.1) is 0 Å². The predicted molar refractivity (Wildman–Crippen MR) is 62.8 cm³/mol. The van der Waals surface area contributed by atoms with E-state index in [4.69, 9.17) is 4.74 Å². The van der Waals surface area contributed by atoms with E-state index in [0.29, 0.717) is 13.0 Å². The summed E-state index contributed by atoms with van der Waals surface area (Å²) in [6.45, 7) is 5.57. The van der Waals surface area contributed by atoms with Crippen LogP contribution in [0.15, 0.2) is 12.7 Å². The molecule has 1 N–H and O–H groups in total. The first-order chi connectivity index (χ1) is 8.02. The Balaban J connectivity index is 2.85. The number of hydrogen-bond donors (Lipinski definition) is 1. The lowest BCUT2D eigenvalue weighted by Gasteiger charge is -2.35. The summed E-state index contributed by atoms with van der Waals surface area (Å²) in [5.74, 6) is -0.977. The quantitative estimate of drug-likeness (QED) is 0.768. The number of carboxylic acid groups (broad SMARTS) is 1. The zero-order valence-electron chi connectivity index (χ0n) is 10.1. The van der Waals surface area contributed by atoms with Gasteiger partial charge in [0.15, 0.2) is 0 Å². The van der Waals surface area contributed by atoms with Crippen LogP contribution in [0, 0.1) is 0 Å². The lowest BCUT2D eigenvalue weighted by atomic mass is 9.95. The topological polar surface area (TPSA) is 66.8 Å². The lowest BCUT2D eigenvalue weighted by molar-refractivity contribution is -0.149. The molecule has 0 saturated carbocycles. The van der Waals surface area contributed by atoms with Crippen molar-refractivity contribution in [2.45, 2.75) is 38.1 Å². The number of carbonyl (C=O) groups excluding carboxylic acids is 1. The van der Waals surface area contributed by atoms with E-state index in [1.54, 1.807) is 6.92 Å². The van der Waals surface area contributed by atoms with Crippen molar-refractivity contribution in [1.82, 2.24) is 4.90 Å². The van der Waals surface area contributed by atoms with Gasteiger partial charge in [-0.3, -0.25) is 4.90 Å². The summed E-state index contributed by atoms with van der Waals surface area (Å²) >= 11 is 0. The molecule has 0 bridgehead atoms. The molecule has 1 unspecified atom stereocenters. The van der Waals surface area contributed by atoms with E-state index in [1.165, 1.54) is 11.0 Å². The lowest BCUT2D eigenvalue weighted by Crippen LogP contribution is -2.54. The van der Waals surface area contributed by atoms with Gasteiger partial charge < -0.3 is 9.84 Å². The molecule has 0 aromatic carbocycles. The van der Waals surface area contributed by atoms with Crippen molar-refractivity contribution >= 4 is 12.1 Å². The monoisotopic (exact) mass is 241 g/mol. The molecule has 5 nitrogen and oxygen atoms in total. The maximum absolute atomic E-state index is 11.8. The van der Waals surface area contributed by atoms with Crippen molar-refractivity contribution in [3.63, 3.8) is 0 Å². The van der Waals surface area contributed by atoms with Crippen LogP contribution in [0.5, 0.6) is 0 Å². The Hall–Kier alpha value is -1.52. The number of likely N-dealkylation sites (tertiary alicyclic amines) is 1. The molecule has 0 radical (unpaired) electrons. The second kappa shape index (κ2) is 5.70. The van der Waals surface area contributed by atoms with Crippen molar-refractivity contribution in [2.75, 3.05) is 13.2 Å². The van der Waals surface area contributed by atoms with Gasteiger partial charge in [-0.1, -0.05) is 25.5 Å². The molecule has 1 aliphatic rings. The molecule has 0 aliphatic carbocycles. The minimum absolute atomic E-state index is 0.102. The minimum atomic E-state index is -1.16. The highest BCUT2D eigenvalue weighted by molar-refractivity contribution is 5.84. The van der Waals surface area contributed by atoms with Crippen LogP contribution in [-0.4, -0.2) is 40.8 Å². The van der Waals surface area contributed by atoms with Gasteiger partial charge in [-0.25, -0.2) is 9.59 Å². The summed E-state index contributed by atoms with van der Waals surface area (Å²) in [7, 11) is 0. The Morgan fingerprint density at radius 1 is 1.47 bits per heavy atom. The highest BCUT2D eigenvalue weighted by Gasteiger charge is 2.43. The molecule has 5 heteroatoms. The average Bonchev–Trinajstić information content (AvgIpc) is 2.49. The predicted octanol–water partition coefficient (Wildman–Crippen LogP) is 2.03. The standard InChI is InChI=1S/C12H19NO4/c1-3-9-17-11(16)13-8-6-4-5-7-12(13,2)10(14)15/h3H,1,4-9H2,2H3,(H,14,15). The number of carbonyl (C=O) groups is 2. The van der Waals surface area contributed by atoms with Crippen LogP contribution in [0.1, 0.15) is 32.6 Å². The van der Waals surface area contributed by atoms with Crippen LogP contribution in [0.3, 0.4) is 0 Å². The summed E-state index contributed by atoms with van der Waals surface area (Å²) in [4.78, 5) is 24.5. The minimum Gasteiger partial charge on any atom is -0.480 e. The molecule has 0 aromatic rings. The molecule has 1 rings (SSSR count). The van der Waals surface area contributed by atoms with Gasteiger partial charge in [-0.05, 0) is 19.8 Å². The van der Waals surface area contributed by atoms with Crippen LogP contribution in [-0.2, 0) is 9.53 Å². The third-order valence-electron chi connectivity index (χ3n) is 3.15. The van der Waals surface area contributed by atoms with Gasteiger partial charge in [0.1, 0.15) is 12.1 Å². The zero-order chi connectivity index (χ0) is 12.9. The Labute approximate surface area is 101 Å². The number of hydrogen-bond acceptors (Lipinski definition) is 3. The number of nitrogens with zero attached hydrogens (tertiary/aromatic N) is 1. The SMILES string of the molecule is C=CCOC(=O)N1CCCCCC1(C)C(=O)O. The maximum atomic E-state index is 11.8. The first-order valence-electron chi connectivity index (χ1n) is 5.81. The summed E-state index contributed by atoms with van der Waals surface area (Å²) in [6.07, 6.45) is 3.92. The molecule has 96 valence electrons. The van der Waals surface area contributed by atoms with Gasteiger partial charge in [0, 0.05) is 6.54 Å². The van der Waals surface area contributed by atoms with Crippen LogP contribution in [0.4, 0.5) is 4.79 Å². The van der Waals surface area contributed by atoms with Gasteiger partial charge in [-0.15, -0.1) is 0 Å². The number of amides is 1. The van der Waals surface area contributed by atoms with Gasteiger partial charge >= 0.3 is 12.1 Å². The van der Waals surface area contributed by atoms with E-state index in [1.807, 2.05) is 0 Å². The summed E-state index contributed by atoms with van der Waals surface area (Å²) < 4.78 is 4.94. The maximum Gasteiger partial charge on any atom is 0.411 e. The number of rotatable bonds is 3. The number of carboxylic acids is 1. The van der Waals surface area contributed by atoms with E-state index in [2.05, 4.69) is 6.58 Å². The van der Waals surface area contributed by atoms with Gasteiger partial charge in [-0.2, -0.15) is 0 Å². The largest absolute Gasteiger partial charge is 0.480 e. The first-order valence-corrected chi connectivity index (χ1v) is 5.81. The number of ether oxygens (including phenoxy) is 1. The van der Waals surface area contributed by atoms with Crippen molar-refractivity contribution in [1.29, 1.82) is 0 Å². The first kappa shape index (κ1) is 13.5. The highest BCUT2D eigenvalue weighted by atomic mass is 16.6. The summed E-state index contributed by atoms with van der Waals surface area (Å²) in [5.41, 5.74) is -1.16. The molecule has 1 saturated heterocycles. The molecule has 1 fully saturated rings. The fourth-order valence-electron chi connectivity index (χ4n) is 2.02. The Bertz CT molecular complexity index is 316. The Kier molecular flexibility index (Phi) is 4.54. The second-order valence-corrected chi connectivity index (χ2v) is 4.41. The average molecular weight is 241 g/mol. The molecular formula is C12H19NO4. The Morgan fingerprint density at radius 3 is 2.76 bits per heavy atom. The molecule has 1 amide bonds. The third-order valence-corrected chi connectivity index (χ3v) is 3.15. The fraction of sp³-hybridized carbons (Fsp3) is 0.667. The van der Waals surface area contributed by atoms with Crippen LogP contribution >= 0.6 is 0 Å². The Morgan fingerprint density at radius 2 is 2.18 bits per heavy atom. The van der Waals surface area contributed by atoms with Gasteiger partial charge in [0.25, 0.3) is 0 Å². The molecule has 17 heavy (non-hydrogen) atoms. The molecular weight excluding hydrogens is 222 g/mol. The molecule has 1 heterocycles. The van der Waals surface area contributed by atoms with E-state index < -0.39 is 17.6 Å². The van der Waals surface area contributed by atoms with E-state index in [-0.39, 0.29) is 6.61 Å². The molecule has 0 aromatic heterocycles. The molecule has 1 atom stereocenters. The highest BCUT2D eigenvalue weighted by Crippen LogP contribution is 2.28. The van der Waals surface area contributed by atoms with Crippen LogP contribution in [0.2, 0.25) is 0 Å². The smallest absolute Gasteiger partial charge is 0.411 e. The summed E-state index contributed by atoms with van der Waals surface area (Å²) in [6, 6.07) is 0. The normalized spacial score (nSPS) is 24.9. The second-order valence-electron chi connectivity index (χ2n) is 4.41. The zero-order valence-corrected chi connectivity index (χ0v) is 10.1. The third kappa shape index (κ3) is 2.99. The van der Waals surface area contributed by atoms with Crippen molar-refractivity contribution < 1.29 is 19.4 Å². The van der Waals surface area contributed by atoms with Crippen LogP contribution < -0.4 is 0 Å². The molecule has 0 spiro atoms. The van der Waals surface area contributed by atoms with E-state index >= 15 is 0 Å². The van der Waals surface area contributed by atoms with Crippen LogP contribution in [0.25, 0.3) is 0 Å².